The Morgan fingerprint density at radius 3 is 2.10 bits per heavy atom. The lowest BCUT2D eigenvalue weighted by Gasteiger charge is -2.53. The normalized spacial score (nSPS) is 18.6. The Bertz CT molecular complexity index is 2280. The van der Waals surface area contributed by atoms with Crippen LogP contribution in [0.5, 0.6) is 5.75 Å². The Morgan fingerprint density at radius 1 is 0.902 bits per heavy atom. The SMILES string of the molecule is CNC(=O)OCC=CC1(C(=O)OCc2ccc(OC)cc2)CS[C@@H]2C(NC(=O)C(=NOC)c3csc(NC(c4ccccc4)(c4ccccc4)c4ccccc4)n3)C(=O)N2C1. The molecule has 61 heavy (non-hydrogen) atoms. The van der Waals surface area contributed by atoms with Gasteiger partial charge in [-0.05, 0) is 40.5 Å². The van der Waals surface area contributed by atoms with E-state index in [0.717, 1.165) is 22.3 Å². The van der Waals surface area contributed by atoms with Crippen molar-refractivity contribution in [3.63, 3.8) is 0 Å². The summed E-state index contributed by atoms with van der Waals surface area (Å²) in [4.78, 5) is 64.7. The van der Waals surface area contributed by atoms with Gasteiger partial charge in [0.25, 0.3) is 5.91 Å². The number of fused-ring (bicyclic) bond motifs is 1. The first-order chi connectivity index (χ1) is 29.7. The molecule has 2 unspecified atom stereocenters. The number of β-lactam (4-membered cyclic amide) rings is 1. The van der Waals surface area contributed by atoms with E-state index in [9.17, 15) is 19.2 Å². The quantitative estimate of drug-likeness (QED) is 0.0268. The molecule has 0 saturated carbocycles. The lowest BCUT2D eigenvalue weighted by Crippen LogP contribution is -2.73. The minimum absolute atomic E-state index is 0.00486. The summed E-state index contributed by atoms with van der Waals surface area (Å²) in [6.07, 6.45) is 2.55. The molecule has 5 aromatic rings. The predicted octanol–water partition coefficient (Wildman–Crippen LogP) is 5.95. The third-order valence-corrected chi connectivity index (χ3v) is 12.6. The highest BCUT2D eigenvalue weighted by Crippen LogP contribution is 2.44. The van der Waals surface area contributed by atoms with Crippen LogP contribution in [-0.4, -0.2) is 91.1 Å². The summed E-state index contributed by atoms with van der Waals surface area (Å²) >= 11 is 2.63. The Balaban J connectivity index is 1.08. The van der Waals surface area contributed by atoms with Crippen LogP contribution in [0.3, 0.4) is 0 Å². The molecule has 2 fully saturated rings. The van der Waals surface area contributed by atoms with Crippen molar-refractivity contribution in [2.45, 2.75) is 23.6 Å². The molecule has 0 spiro atoms. The van der Waals surface area contributed by atoms with Crippen molar-refractivity contribution in [3.8, 4) is 5.75 Å². The highest BCUT2D eigenvalue weighted by molar-refractivity contribution is 8.00. The van der Waals surface area contributed by atoms with Gasteiger partial charge in [-0.15, -0.1) is 23.1 Å². The fourth-order valence-corrected chi connectivity index (χ4v) is 9.52. The third kappa shape index (κ3) is 9.10. The topological polar surface area (TPSA) is 170 Å². The standard InChI is InChI=1S/C45H44N6O8S2/c1-46-43(55)58-25-13-24-44(41(54)59-26-30-20-22-34(56-2)23-21-30)28-51-39(53)37(40(51)61-29-44)48-38(52)36(50-57-3)35-27-60-42(47-35)49-45(31-14-7-4-8-15-31,32-16-9-5-10-17-32)33-18-11-6-12-19-33/h4-24,27,37,40H,25-26,28-29H2,1-3H3,(H,46,55)(H,47,49)(H,48,52)/t37?,40-,44?/m1/s1. The molecule has 4 aromatic carbocycles. The van der Waals surface area contributed by atoms with E-state index < -0.39 is 40.3 Å². The van der Waals surface area contributed by atoms with Crippen LogP contribution in [0.25, 0.3) is 0 Å². The fourth-order valence-electron chi connectivity index (χ4n) is 7.26. The number of nitrogens with zero attached hydrogens (tertiary/aromatic N) is 3. The van der Waals surface area contributed by atoms with Gasteiger partial charge < -0.3 is 39.9 Å². The summed E-state index contributed by atoms with van der Waals surface area (Å²) in [6, 6.07) is 36.4. The molecule has 2 aliphatic rings. The summed E-state index contributed by atoms with van der Waals surface area (Å²) < 4.78 is 16.1. The van der Waals surface area contributed by atoms with Crippen molar-refractivity contribution < 1.29 is 38.2 Å². The van der Waals surface area contributed by atoms with Crippen LogP contribution in [0.4, 0.5) is 9.93 Å². The number of benzene rings is 4. The largest absolute Gasteiger partial charge is 0.497 e. The zero-order valence-electron chi connectivity index (χ0n) is 33.6. The molecule has 0 radical (unpaired) electrons. The van der Waals surface area contributed by atoms with Crippen molar-refractivity contribution in [1.29, 1.82) is 0 Å². The number of hydrogen-bond donors (Lipinski definition) is 3. The van der Waals surface area contributed by atoms with Crippen LogP contribution >= 0.6 is 23.1 Å². The van der Waals surface area contributed by atoms with Gasteiger partial charge in [0.2, 0.25) is 5.91 Å². The summed E-state index contributed by atoms with van der Waals surface area (Å²) in [7, 11) is 4.34. The van der Waals surface area contributed by atoms with Crippen LogP contribution in [0.1, 0.15) is 27.9 Å². The molecule has 0 bridgehead atoms. The maximum absolute atomic E-state index is 14.0. The average Bonchev–Trinajstić information content (AvgIpc) is 3.78. The van der Waals surface area contributed by atoms with E-state index in [-0.39, 0.29) is 42.8 Å². The number of nitrogens with one attached hydrogen (secondary N) is 3. The first-order valence-electron chi connectivity index (χ1n) is 19.3. The second-order valence-corrected chi connectivity index (χ2v) is 16.0. The second kappa shape index (κ2) is 19.2. The Labute approximate surface area is 361 Å². The number of thioether (sulfide) groups is 1. The number of anilines is 1. The van der Waals surface area contributed by atoms with Gasteiger partial charge in [0.15, 0.2) is 10.8 Å². The number of ether oxygens (including phenoxy) is 3. The molecule has 3 heterocycles. The smallest absolute Gasteiger partial charge is 0.407 e. The third-order valence-electron chi connectivity index (χ3n) is 10.3. The first kappa shape index (κ1) is 42.5. The number of hydrogen-bond acceptors (Lipinski definition) is 13. The monoisotopic (exact) mass is 860 g/mol. The molecule has 7 rings (SSSR count). The number of carbonyl (C=O) groups excluding carboxylic acids is 4. The number of thiazole rings is 1. The van der Waals surface area contributed by atoms with Gasteiger partial charge in [0.1, 0.15) is 54.1 Å². The number of carbonyl (C=O) groups is 4. The van der Waals surface area contributed by atoms with E-state index in [1.54, 1.807) is 48.9 Å². The summed E-state index contributed by atoms with van der Waals surface area (Å²) in [5, 5.41) is 14.7. The van der Waals surface area contributed by atoms with Crippen LogP contribution in [0.15, 0.2) is 138 Å². The van der Waals surface area contributed by atoms with E-state index in [0.29, 0.717) is 10.9 Å². The van der Waals surface area contributed by atoms with Crippen LogP contribution in [-0.2, 0) is 40.8 Å². The van der Waals surface area contributed by atoms with Gasteiger partial charge in [-0.2, -0.15) is 0 Å². The fraction of sp³-hybridized carbons (Fsp3) is 0.244. The van der Waals surface area contributed by atoms with Crippen molar-refractivity contribution in [2.75, 3.05) is 45.5 Å². The van der Waals surface area contributed by atoms with Crippen LogP contribution in [0, 0.1) is 5.41 Å². The molecule has 14 nitrogen and oxygen atoms in total. The molecule has 3 atom stereocenters. The molecule has 2 aliphatic heterocycles. The number of rotatable bonds is 16. The Morgan fingerprint density at radius 2 is 1.52 bits per heavy atom. The Kier molecular flexibility index (Phi) is 13.3. The van der Waals surface area contributed by atoms with Crippen molar-refractivity contribution in [1.82, 2.24) is 20.5 Å². The zero-order chi connectivity index (χ0) is 42.8. The number of oxime groups is 1. The summed E-state index contributed by atoms with van der Waals surface area (Å²) in [5.74, 6) is -0.704. The molecule has 314 valence electrons. The Hall–Kier alpha value is -6.65. The van der Waals surface area contributed by atoms with Gasteiger partial charge in [-0.3, -0.25) is 14.4 Å². The minimum atomic E-state index is -1.26. The number of aromatic nitrogens is 1. The van der Waals surface area contributed by atoms with Gasteiger partial charge in [0, 0.05) is 24.7 Å². The molecule has 1 aromatic heterocycles. The molecule has 0 aliphatic carbocycles. The zero-order valence-corrected chi connectivity index (χ0v) is 35.2. The van der Waals surface area contributed by atoms with Gasteiger partial charge in [-0.1, -0.05) is 114 Å². The average molecular weight is 861 g/mol. The number of esters is 1. The van der Waals surface area contributed by atoms with Crippen LogP contribution in [0.2, 0.25) is 0 Å². The van der Waals surface area contributed by atoms with E-state index in [4.69, 9.17) is 24.0 Å². The van der Waals surface area contributed by atoms with Crippen LogP contribution < -0.4 is 20.7 Å². The molecular formula is C45H44N6O8S2. The number of methoxy groups -OCH3 is 1. The van der Waals surface area contributed by atoms with Gasteiger partial charge in [-0.25, -0.2) is 9.78 Å². The minimum Gasteiger partial charge on any atom is -0.497 e. The van der Waals surface area contributed by atoms with Crippen molar-refractivity contribution in [3.05, 3.63) is 161 Å². The molecule has 16 heteroatoms. The highest BCUT2D eigenvalue weighted by atomic mass is 32.2. The van der Waals surface area contributed by atoms with Crippen molar-refractivity contribution in [2.24, 2.45) is 10.6 Å². The highest BCUT2D eigenvalue weighted by Gasteiger charge is 2.57. The lowest BCUT2D eigenvalue weighted by molar-refractivity contribution is -0.160. The van der Waals surface area contributed by atoms with E-state index >= 15 is 0 Å². The number of alkyl carbamates (subject to hydrolysis) is 1. The molecule has 3 N–H and O–H groups in total. The molecular weight excluding hydrogens is 817 g/mol. The second-order valence-electron chi connectivity index (χ2n) is 14.1. The van der Waals surface area contributed by atoms with E-state index in [1.165, 1.54) is 42.2 Å². The lowest BCUT2D eigenvalue weighted by atomic mass is 9.77. The van der Waals surface area contributed by atoms with Gasteiger partial charge in [0.05, 0.1) is 7.11 Å². The maximum atomic E-state index is 14.0. The van der Waals surface area contributed by atoms with Gasteiger partial charge >= 0.3 is 12.1 Å². The van der Waals surface area contributed by atoms with E-state index in [1.807, 2.05) is 54.6 Å². The first-order valence-corrected chi connectivity index (χ1v) is 21.2. The number of amides is 3. The van der Waals surface area contributed by atoms with E-state index in [2.05, 4.69) is 57.5 Å². The van der Waals surface area contributed by atoms with Crippen molar-refractivity contribution >= 4 is 57.8 Å². The molecule has 2 saturated heterocycles. The summed E-state index contributed by atoms with van der Waals surface area (Å²) in [6.45, 7) is -0.121. The summed E-state index contributed by atoms with van der Waals surface area (Å²) in [5.41, 5.74) is 1.71. The predicted molar refractivity (Wildman–Crippen MR) is 233 cm³/mol. The molecule has 3 amide bonds. The maximum Gasteiger partial charge on any atom is 0.407 e.